The van der Waals surface area contributed by atoms with Crippen LogP contribution in [0.1, 0.15) is 47.0 Å². The Kier molecular flexibility index (Phi) is 5.90. The Morgan fingerprint density at radius 2 is 2.06 bits per heavy atom. The number of rotatable bonds is 9. The lowest BCUT2D eigenvalue weighted by Gasteiger charge is -2.32. The summed E-state index contributed by atoms with van der Waals surface area (Å²) in [6.45, 7) is 12.1. The number of nitrogens with zero attached hydrogens (tertiary/aromatic N) is 1. The van der Waals surface area contributed by atoms with Gasteiger partial charge in [0.1, 0.15) is 0 Å². The molecule has 0 aromatic rings. The fourth-order valence-electron chi connectivity index (χ4n) is 2.18. The molecule has 0 aromatic heterocycles. The van der Waals surface area contributed by atoms with Crippen LogP contribution in [-0.2, 0) is 0 Å². The monoisotopic (exact) mass is 242 g/mol. The van der Waals surface area contributed by atoms with E-state index in [1.165, 1.54) is 25.8 Å². The first-order chi connectivity index (χ1) is 7.93. The van der Waals surface area contributed by atoms with Crippen molar-refractivity contribution in [2.45, 2.75) is 58.6 Å². The van der Waals surface area contributed by atoms with Gasteiger partial charge in [0.05, 0.1) is 5.60 Å². The Bertz CT molecular complexity index is 212. The molecule has 3 nitrogen and oxygen atoms in total. The molecule has 0 saturated heterocycles. The van der Waals surface area contributed by atoms with E-state index in [2.05, 4.69) is 31.0 Å². The Labute approximate surface area is 107 Å². The van der Waals surface area contributed by atoms with Gasteiger partial charge in [0, 0.05) is 25.7 Å². The molecule has 0 spiro atoms. The number of nitrogens with one attached hydrogen (secondary N) is 1. The van der Waals surface area contributed by atoms with Crippen molar-refractivity contribution in [2.24, 2.45) is 5.92 Å². The molecule has 0 amide bonds. The third-order valence-electron chi connectivity index (χ3n) is 3.21. The van der Waals surface area contributed by atoms with Crippen molar-refractivity contribution in [1.29, 1.82) is 0 Å². The lowest BCUT2D eigenvalue weighted by Crippen LogP contribution is -2.49. The predicted octanol–water partition coefficient (Wildman–Crippen LogP) is 1.86. The van der Waals surface area contributed by atoms with E-state index in [9.17, 15) is 5.11 Å². The van der Waals surface area contributed by atoms with Crippen LogP contribution in [-0.4, -0.2) is 47.8 Å². The van der Waals surface area contributed by atoms with Gasteiger partial charge in [-0.1, -0.05) is 20.8 Å². The summed E-state index contributed by atoms with van der Waals surface area (Å²) < 4.78 is 0. The fraction of sp³-hybridized carbons (Fsp3) is 1.00. The molecule has 0 heterocycles. The van der Waals surface area contributed by atoms with Gasteiger partial charge in [-0.25, -0.2) is 0 Å². The lowest BCUT2D eigenvalue weighted by molar-refractivity contribution is 0.0173. The van der Waals surface area contributed by atoms with E-state index < -0.39 is 5.60 Å². The van der Waals surface area contributed by atoms with Gasteiger partial charge in [-0.05, 0) is 38.6 Å². The Morgan fingerprint density at radius 1 is 1.41 bits per heavy atom. The van der Waals surface area contributed by atoms with Crippen molar-refractivity contribution in [1.82, 2.24) is 10.2 Å². The molecule has 1 aliphatic carbocycles. The minimum Gasteiger partial charge on any atom is -0.388 e. The zero-order valence-corrected chi connectivity index (χ0v) is 12.0. The zero-order valence-electron chi connectivity index (χ0n) is 12.0. The van der Waals surface area contributed by atoms with Gasteiger partial charge in [0.15, 0.2) is 0 Å². The highest BCUT2D eigenvalue weighted by Crippen LogP contribution is 2.30. The minimum absolute atomic E-state index is 0.435. The normalized spacial score (nSPS) is 19.9. The first-order valence-electron chi connectivity index (χ1n) is 7.11. The smallest absolute Gasteiger partial charge is 0.0869 e. The van der Waals surface area contributed by atoms with E-state index in [0.717, 1.165) is 19.0 Å². The first kappa shape index (κ1) is 14.9. The fourth-order valence-corrected chi connectivity index (χ4v) is 2.18. The van der Waals surface area contributed by atoms with Gasteiger partial charge in [-0.3, -0.25) is 0 Å². The molecule has 0 bridgehead atoms. The SMILES string of the molecule is CCCN(CC1CC1)CC(C)(O)CNC(C)C. The summed E-state index contributed by atoms with van der Waals surface area (Å²) in [5.74, 6) is 0.899. The molecule has 17 heavy (non-hydrogen) atoms. The Morgan fingerprint density at radius 3 is 2.53 bits per heavy atom. The van der Waals surface area contributed by atoms with E-state index in [1.807, 2.05) is 6.92 Å². The first-order valence-corrected chi connectivity index (χ1v) is 7.11. The summed E-state index contributed by atoms with van der Waals surface area (Å²) in [5, 5.41) is 13.7. The summed E-state index contributed by atoms with van der Waals surface area (Å²) in [6, 6.07) is 0.435. The van der Waals surface area contributed by atoms with E-state index in [1.54, 1.807) is 0 Å². The van der Waals surface area contributed by atoms with Gasteiger partial charge in [-0.15, -0.1) is 0 Å². The topological polar surface area (TPSA) is 35.5 Å². The molecular weight excluding hydrogens is 212 g/mol. The van der Waals surface area contributed by atoms with Crippen molar-refractivity contribution in [3.05, 3.63) is 0 Å². The molecule has 3 heteroatoms. The lowest BCUT2D eigenvalue weighted by atomic mass is 10.1. The quantitative estimate of drug-likeness (QED) is 0.648. The molecular formula is C14H30N2O. The van der Waals surface area contributed by atoms with E-state index in [0.29, 0.717) is 12.6 Å². The van der Waals surface area contributed by atoms with Crippen LogP contribution < -0.4 is 5.32 Å². The van der Waals surface area contributed by atoms with Gasteiger partial charge >= 0.3 is 0 Å². The predicted molar refractivity (Wildman–Crippen MR) is 73.2 cm³/mol. The maximum atomic E-state index is 10.4. The molecule has 1 unspecified atom stereocenters. The molecule has 1 atom stereocenters. The van der Waals surface area contributed by atoms with Gasteiger partial charge in [0.25, 0.3) is 0 Å². The second kappa shape index (κ2) is 6.72. The van der Waals surface area contributed by atoms with Crippen LogP contribution in [0.3, 0.4) is 0 Å². The van der Waals surface area contributed by atoms with Crippen LogP contribution in [0.5, 0.6) is 0 Å². The van der Waals surface area contributed by atoms with Gasteiger partial charge < -0.3 is 15.3 Å². The highest BCUT2D eigenvalue weighted by Gasteiger charge is 2.28. The second-order valence-electron chi connectivity index (χ2n) is 6.21. The van der Waals surface area contributed by atoms with E-state index >= 15 is 0 Å². The van der Waals surface area contributed by atoms with E-state index in [4.69, 9.17) is 0 Å². The molecule has 1 fully saturated rings. The molecule has 0 aromatic carbocycles. The Balaban J connectivity index is 2.33. The molecule has 1 saturated carbocycles. The summed E-state index contributed by atoms with van der Waals surface area (Å²) in [5.41, 5.74) is -0.617. The van der Waals surface area contributed by atoms with Gasteiger partial charge in [-0.2, -0.15) is 0 Å². The molecule has 102 valence electrons. The third-order valence-corrected chi connectivity index (χ3v) is 3.21. The zero-order chi connectivity index (χ0) is 12.9. The van der Waals surface area contributed by atoms with Crippen LogP contribution >= 0.6 is 0 Å². The molecule has 0 aliphatic heterocycles. The van der Waals surface area contributed by atoms with Crippen LogP contribution in [0.15, 0.2) is 0 Å². The average molecular weight is 242 g/mol. The summed E-state index contributed by atoms with van der Waals surface area (Å²) in [6.07, 6.45) is 3.93. The molecule has 1 rings (SSSR count). The maximum Gasteiger partial charge on any atom is 0.0869 e. The maximum absolute atomic E-state index is 10.4. The highest BCUT2D eigenvalue weighted by molar-refractivity contribution is 4.84. The number of hydrogen-bond donors (Lipinski definition) is 2. The molecule has 0 radical (unpaired) electrons. The molecule has 2 N–H and O–H groups in total. The third kappa shape index (κ3) is 7.02. The summed E-state index contributed by atoms with van der Waals surface area (Å²) >= 11 is 0. The summed E-state index contributed by atoms with van der Waals surface area (Å²) in [4.78, 5) is 2.43. The molecule has 1 aliphatic rings. The average Bonchev–Trinajstić information content (AvgIpc) is 2.99. The Hall–Kier alpha value is -0.120. The van der Waals surface area contributed by atoms with Crippen molar-refractivity contribution >= 4 is 0 Å². The minimum atomic E-state index is -0.617. The van der Waals surface area contributed by atoms with Crippen molar-refractivity contribution in [3.63, 3.8) is 0 Å². The van der Waals surface area contributed by atoms with Crippen molar-refractivity contribution in [2.75, 3.05) is 26.2 Å². The van der Waals surface area contributed by atoms with Crippen LogP contribution in [0.25, 0.3) is 0 Å². The van der Waals surface area contributed by atoms with Crippen LogP contribution in [0, 0.1) is 5.92 Å². The van der Waals surface area contributed by atoms with E-state index in [-0.39, 0.29) is 0 Å². The largest absolute Gasteiger partial charge is 0.388 e. The number of aliphatic hydroxyl groups is 1. The van der Waals surface area contributed by atoms with Crippen molar-refractivity contribution < 1.29 is 5.11 Å². The summed E-state index contributed by atoms with van der Waals surface area (Å²) in [7, 11) is 0. The van der Waals surface area contributed by atoms with Crippen LogP contribution in [0.2, 0.25) is 0 Å². The van der Waals surface area contributed by atoms with Crippen molar-refractivity contribution in [3.8, 4) is 0 Å². The highest BCUT2D eigenvalue weighted by atomic mass is 16.3. The van der Waals surface area contributed by atoms with Crippen LogP contribution in [0.4, 0.5) is 0 Å². The van der Waals surface area contributed by atoms with Gasteiger partial charge in [0.2, 0.25) is 0 Å². The number of hydrogen-bond acceptors (Lipinski definition) is 3. The standard InChI is InChI=1S/C14H30N2O/c1-5-8-16(9-13-6-7-13)11-14(4,17)10-15-12(2)3/h12-13,15,17H,5-11H2,1-4H3. The second-order valence-corrected chi connectivity index (χ2v) is 6.21.